The zero-order valence-corrected chi connectivity index (χ0v) is 11.8. The summed E-state index contributed by atoms with van der Waals surface area (Å²) in [5.41, 5.74) is 0. The third-order valence-corrected chi connectivity index (χ3v) is 20.7. The van der Waals surface area contributed by atoms with E-state index < -0.39 is 15.4 Å². The molecule has 2 aliphatic heterocycles. The fourth-order valence-corrected chi connectivity index (χ4v) is 8.83. The number of hydrogen-bond acceptors (Lipinski definition) is 2. The molecule has 2 unspecified atom stereocenters. The van der Waals surface area contributed by atoms with Crippen LogP contribution >= 0.6 is 0 Å². The average molecular weight is 230 g/mol. The summed E-state index contributed by atoms with van der Waals surface area (Å²) in [4.78, 5) is 0. The molecule has 0 saturated carbocycles. The Bertz CT molecular complexity index is 224. The lowest BCUT2D eigenvalue weighted by atomic mass is 10.2. The summed E-state index contributed by atoms with van der Waals surface area (Å²) in [7, 11) is -2.35. The average Bonchev–Trinajstić information content (AvgIpc) is 2.81. The molecule has 0 radical (unpaired) electrons. The van der Waals surface area contributed by atoms with Crippen molar-refractivity contribution < 1.29 is 9.16 Å². The second-order valence-electron chi connectivity index (χ2n) is 5.86. The first kappa shape index (κ1) is 10.9. The van der Waals surface area contributed by atoms with Crippen molar-refractivity contribution in [2.75, 3.05) is 6.61 Å². The number of epoxide rings is 1. The topological polar surface area (TPSA) is 21.8 Å². The fraction of sp³-hybridized carbons (Fsp3) is 1.00. The van der Waals surface area contributed by atoms with Crippen LogP contribution in [0, 0.1) is 0 Å². The van der Waals surface area contributed by atoms with Crippen molar-refractivity contribution in [3.63, 3.8) is 0 Å². The van der Waals surface area contributed by atoms with E-state index in [1.54, 1.807) is 0 Å². The van der Waals surface area contributed by atoms with Crippen molar-refractivity contribution in [3.8, 4) is 0 Å². The molecule has 0 N–H and O–H groups in total. The van der Waals surface area contributed by atoms with Gasteiger partial charge in [0.15, 0.2) is 7.83 Å². The summed E-state index contributed by atoms with van der Waals surface area (Å²) in [5.74, 6) is 0. The Kier molecular flexibility index (Phi) is 2.66. The lowest BCUT2D eigenvalue weighted by Crippen LogP contribution is -2.61. The molecule has 0 aromatic carbocycles. The molecule has 2 nitrogen and oxygen atoms in total. The van der Waals surface area contributed by atoms with E-state index in [0.717, 1.165) is 13.0 Å². The summed E-state index contributed by atoms with van der Waals surface area (Å²) >= 11 is 0. The van der Waals surface area contributed by atoms with E-state index in [4.69, 9.17) is 9.16 Å². The molecule has 0 aromatic rings. The van der Waals surface area contributed by atoms with Gasteiger partial charge in [0.1, 0.15) is 0 Å². The van der Waals surface area contributed by atoms with Crippen molar-refractivity contribution in [1.82, 2.24) is 0 Å². The lowest BCUT2D eigenvalue weighted by Gasteiger charge is -2.45. The van der Waals surface area contributed by atoms with Gasteiger partial charge < -0.3 is 9.16 Å². The standard InChI is InChI=1S/C10H22O2Si2/c1-13(2)6-5-9(7-10-8-11-10)12-14(13,3)4/h9-10H,5-8H2,1-4H3. The molecule has 0 aliphatic carbocycles. The van der Waals surface area contributed by atoms with Gasteiger partial charge in [0.05, 0.1) is 20.3 Å². The van der Waals surface area contributed by atoms with E-state index >= 15 is 0 Å². The van der Waals surface area contributed by atoms with E-state index in [0.29, 0.717) is 12.2 Å². The van der Waals surface area contributed by atoms with Gasteiger partial charge in [-0.25, -0.2) is 0 Å². The summed E-state index contributed by atoms with van der Waals surface area (Å²) in [6.45, 7) is 10.8. The zero-order valence-electron chi connectivity index (χ0n) is 9.80. The highest BCUT2D eigenvalue weighted by Crippen LogP contribution is 2.36. The molecular weight excluding hydrogens is 208 g/mol. The van der Waals surface area contributed by atoms with E-state index in [1.807, 2.05) is 0 Å². The molecular formula is C10H22O2Si2. The molecule has 2 rings (SSSR count). The van der Waals surface area contributed by atoms with E-state index in [1.165, 1.54) is 12.5 Å². The van der Waals surface area contributed by atoms with Crippen molar-refractivity contribution in [3.05, 3.63) is 0 Å². The molecule has 2 aliphatic rings. The van der Waals surface area contributed by atoms with Crippen LogP contribution in [0.15, 0.2) is 0 Å². The van der Waals surface area contributed by atoms with Crippen molar-refractivity contribution >= 4 is 15.4 Å². The molecule has 2 saturated heterocycles. The van der Waals surface area contributed by atoms with Crippen LogP contribution in [0.5, 0.6) is 0 Å². The fourth-order valence-electron chi connectivity index (χ4n) is 2.12. The molecule has 4 heteroatoms. The van der Waals surface area contributed by atoms with Crippen LogP contribution in [0.1, 0.15) is 12.8 Å². The van der Waals surface area contributed by atoms with Crippen molar-refractivity contribution in [2.24, 2.45) is 0 Å². The highest BCUT2D eigenvalue weighted by molar-refractivity contribution is 7.38. The predicted octanol–water partition coefficient (Wildman–Crippen LogP) is 2.56. The van der Waals surface area contributed by atoms with Gasteiger partial charge in [-0.05, 0) is 19.5 Å². The van der Waals surface area contributed by atoms with Gasteiger partial charge in [-0.15, -0.1) is 0 Å². The van der Waals surface area contributed by atoms with E-state index in [-0.39, 0.29) is 0 Å². The van der Waals surface area contributed by atoms with Gasteiger partial charge in [0, 0.05) is 12.5 Å². The molecule has 82 valence electrons. The van der Waals surface area contributed by atoms with Crippen LogP contribution in [0.25, 0.3) is 0 Å². The number of hydrogen-bond donors (Lipinski definition) is 0. The molecule has 14 heavy (non-hydrogen) atoms. The smallest absolute Gasteiger partial charge is 0.174 e. The van der Waals surface area contributed by atoms with E-state index in [2.05, 4.69) is 26.2 Å². The van der Waals surface area contributed by atoms with Gasteiger partial charge in [0.25, 0.3) is 0 Å². The summed E-state index contributed by atoms with van der Waals surface area (Å²) < 4.78 is 11.6. The Hall–Kier alpha value is 0.354. The molecule has 0 bridgehead atoms. The van der Waals surface area contributed by atoms with Crippen molar-refractivity contribution in [2.45, 2.75) is 57.3 Å². The minimum atomic E-state index is -1.34. The summed E-state index contributed by atoms with van der Waals surface area (Å²) in [6.07, 6.45) is 3.49. The first-order valence-electron chi connectivity index (χ1n) is 5.70. The molecule has 0 spiro atoms. The lowest BCUT2D eigenvalue weighted by molar-refractivity contribution is 0.162. The van der Waals surface area contributed by atoms with Crippen LogP contribution in [-0.4, -0.2) is 34.2 Å². The SMILES string of the molecule is C[Si]1(C)CCC(CC2CO2)O[Si]1(C)C. The third-order valence-electron chi connectivity index (χ3n) is 4.11. The largest absolute Gasteiger partial charge is 0.417 e. The monoisotopic (exact) mass is 230 g/mol. The highest BCUT2D eigenvalue weighted by atomic mass is 29.3. The molecule has 0 amide bonds. The first-order chi connectivity index (χ1) is 6.41. The first-order valence-corrected chi connectivity index (χ1v) is 12.8. The number of ether oxygens (including phenoxy) is 1. The predicted molar refractivity (Wildman–Crippen MR) is 63.6 cm³/mol. The van der Waals surface area contributed by atoms with Crippen molar-refractivity contribution in [1.29, 1.82) is 0 Å². The minimum Gasteiger partial charge on any atom is -0.417 e. The molecule has 0 aromatic heterocycles. The summed E-state index contributed by atoms with van der Waals surface area (Å²) in [5, 5.41) is 0. The van der Waals surface area contributed by atoms with Gasteiger partial charge in [-0.2, -0.15) is 0 Å². The molecule has 2 fully saturated rings. The van der Waals surface area contributed by atoms with Crippen LogP contribution in [-0.2, 0) is 9.16 Å². The van der Waals surface area contributed by atoms with Crippen LogP contribution in [0.2, 0.25) is 32.2 Å². The normalized spacial score (nSPS) is 39.4. The maximum atomic E-state index is 6.36. The third kappa shape index (κ3) is 2.13. The van der Waals surface area contributed by atoms with Crippen LogP contribution in [0.4, 0.5) is 0 Å². The number of rotatable bonds is 2. The quantitative estimate of drug-likeness (QED) is 0.537. The maximum absolute atomic E-state index is 6.36. The Balaban J connectivity index is 1.94. The van der Waals surface area contributed by atoms with Crippen LogP contribution in [0.3, 0.4) is 0 Å². The minimum absolute atomic E-state index is 0.518. The molecule has 2 atom stereocenters. The Morgan fingerprint density at radius 2 is 1.79 bits per heavy atom. The maximum Gasteiger partial charge on any atom is 0.174 e. The zero-order chi connectivity index (χ0) is 10.4. The molecule has 2 heterocycles. The summed E-state index contributed by atoms with van der Waals surface area (Å²) in [6, 6.07) is 1.46. The highest BCUT2D eigenvalue weighted by Gasteiger charge is 2.48. The van der Waals surface area contributed by atoms with Gasteiger partial charge in [0.2, 0.25) is 0 Å². The Morgan fingerprint density at radius 1 is 1.14 bits per heavy atom. The van der Waals surface area contributed by atoms with Gasteiger partial charge in [-0.1, -0.05) is 19.1 Å². The van der Waals surface area contributed by atoms with Gasteiger partial charge >= 0.3 is 0 Å². The van der Waals surface area contributed by atoms with Gasteiger partial charge in [-0.3, -0.25) is 0 Å². The Morgan fingerprint density at radius 3 is 2.29 bits per heavy atom. The second kappa shape index (κ2) is 3.44. The second-order valence-corrected chi connectivity index (χ2v) is 21.1. The van der Waals surface area contributed by atoms with Crippen LogP contribution < -0.4 is 0 Å². The Labute approximate surface area is 88.9 Å². The van der Waals surface area contributed by atoms with E-state index in [9.17, 15) is 0 Å².